The van der Waals surface area contributed by atoms with Gasteiger partial charge in [0.1, 0.15) is 0 Å². The van der Waals surface area contributed by atoms with Crippen LogP contribution in [0.5, 0.6) is 11.5 Å². The Bertz CT molecular complexity index is 341. The molecule has 0 bridgehead atoms. The second kappa shape index (κ2) is 6.68. The lowest BCUT2D eigenvalue weighted by atomic mass is 10.3. The van der Waals surface area contributed by atoms with Crippen LogP contribution in [-0.2, 0) is 4.79 Å². The number of methoxy groups -OCH3 is 1. The molecular weight excluding hydrogens is 210 g/mol. The van der Waals surface area contributed by atoms with Gasteiger partial charge in [-0.1, -0.05) is 12.1 Å². The molecule has 88 valence electrons. The average molecular weight is 225 g/mol. The minimum atomic E-state index is -0.278. The van der Waals surface area contributed by atoms with Crippen LogP contribution >= 0.6 is 0 Å². The quantitative estimate of drug-likeness (QED) is 0.725. The summed E-state index contributed by atoms with van der Waals surface area (Å²) in [6.45, 7) is 0.0505. The summed E-state index contributed by atoms with van der Waals surface area (Å²) in [5.41, 5.74) is 0. The van der Waals surface area contributed by atoms with Crippen LogP contribution in [0, 0.1) is 0 Å². The van der Waals surface area contributed by atoms with Gasteiger partial charge in [0.2, 0.25) is 0 Å². The topological polar surface area (TPSA) is 67.8 Å². The van der Waals surface area contributed by atoms with Crippen LogP contribution in [0.1, 0.15) is 0 Å². The number of amides is 1. The van der Waals surface area contributed by atoms with E-state index in [1.165, 1.54) is 7.11 Å². The van der Waals surface area contributed by atoms with Crippen LogP contribution in [0.4, 0.5) is 0 Å². The van der Waals surface area contributed by atoms with Gasteiger partial charge in [-0.05, 0) is 12.1 Å². The molecule has 1 aromatic rings. The Balaban J connectivity index is 2.44. The molecule has 0 aliphatic carbocycles. The average Bonchev–Trinajstić information content (AvgIpc) is 2.34. The zero-order valence-electron chi connectivity index (χ0n) is 9.10. The van der Waals surface area contributed by atoms with Crippen molar-refractivity contribution in [1.29, 1.82) is 0 Å². The van der Waals surface area contributed by atoms with Crippen molar-refractivity contribution < 1.29 is 19.4 Å². The Labute approximate surface area is 94.0 Å². The van der Waals surface area contributed by atoms with E-state index >= 15 is 0 Å². The summed E-state index contributed by atoms with van der Waals surface area (Å²) in [6, 6.07) is 7.08. The number of ether oxygens (including phenoxy) is 2. The molecule has 1 amide bonds. The molecule has 0 aliphatic heterocycles. The van der Waals surface area contributed by atoms with Gasteiger partial charge in [0.05, 0.1) is 13.7 Å². The molecule has 0 heterocycles. The van der Waals surface area contributed by atoms with Gasteiger partial charge in [-0.25, -0.2) is 0 Å². The molecule has 1 aromatic carbocycles. The lowest BCUT2D eigenvalue weighted by Crippen LogP contribution is -2.31. The Morgan fingerprint density at radius 2 is 2.06 bits per heavy atom. The fraction of sp³-hybridized carbons (Fsp3) is 0.364. The van der Waals surface area contributed by atoms with Crippen molar-refractivity contribution in [3.05, 3.63) is 24.3 Å². The zero-order valence-corrected chi connectivity index (χ0v) is 9.10. The summed E-state index contributed by atoms with van der Waals surface area (Å²) < 4.78 is 10.3. The van der Waals surface area contributed by atoms with E-state index in [-0.39, 0.29) is 25.7 Å². The van der Waals surface area contributed by atoms with Crippen LogP contribution in [0.2, 0.25) is 0 Å². The van der Waals surface area contributed by atoms with Crippen molar-refractivity contribution >= 4 is 5.91 Å². The van der Waals surface area contributed by atoms with Gasteiger partial charge in [0.25, 0.3) is 5.91 Å². The predicted molar refractivity (Wildman–Crippen MR) is 58.6 cm³/mol. The molecule has 0 atom stereocenters. The van der Waals surface area contributed by atoms with E-state index in [0.29, 0.717) is 11.5 Å². The molecule has 0 fully saturated rings. The minimum Gasteiger partial charge on any atom is -0.493 e. The summed E-state index contributed by atoms with van der Waals surface area (Å²) in [6.07, 6.45) is 0. The Morgan fingerprint density at radius 3 is 2.69 bits per heavy atom. The van der Waals surface area contributed by atoms with Crippen molar-refractivity contribution in [3.63, 3.8) is 0 Å². The number of aliphatic hydroxyl groups is 1. The first-order chi connectivity index (χ1) is 7.77. The Kier molecular flexibility index (Phi) is 5.15. The van der Waals surface area contributed by atoms with E-state index in [4.69, 9.17) is 14.6 Å². The summed E-state index contributed by atoms with van der Waals surface area (Å²) in [7, 11) is 1.54. The van der Waals surface area contributed by atoms with Crippen molar-refractivity contribution in [3.8, 4) is 11.5 Å². The molecule has 0 radical (unpaired) electrons. The molecule has 2 N–H and O–H groups in total. The normalized spacial score (nSPS) is 9.62. The van der Waals surface area contributed by atoms with Crippen LogP contribution in [0.3, 0.4) is 0 Å². The molecule has 1 rings (SSSR count). The highest BCUT2D eigenvalue weighted by Crippen LogP contribution is 2.25. The highest BCUT2D eigenvalue weighted by molar-refractivity contribution is 5.77. The highest BCUT2D eigenvalue weighted by Gasteiger charge is 2.05. The van der Waals surface area contributed by atoms with Gasteiger partial charge in [0, 0.05) is 6.54 Å². The number of benzene rings is 1. The van der Waals surface area contributed by atoms with Crippen molar-refractivity contribution in [2.45, 2.75) is 0 Å². The maximum absolute atomic E-state index is 11.2. The van der Waals surface area contributed by atoms with Crippen molar-refractivity contribution in [1.82, 2.24) is 5.32 Å². The second-order valence-electron chi connectivity index (χ2n) is 3.01. The number of carbonyl (C=O) groups excluding carboxylic acids is 1. The molecule has 5 heteroatoms. The van der Waals surface area contributed by atoms with Crippen molar-refractivity contribution in [2.24, 2.45) is 0 Å². The molecular formula is C11H15NO4. The summed E-state index contributed by atoms with van der Waals surface area (Å²) >= 11 is 0. The van der Waals surface area contributed by atoms with Gasteiger partial charge in [-0.3, -0.25) is 4.79 Å². The first-order valence-corrected chi connectivity index (χ1v) is 4.91. The Hall–Kier alpha value is -1.75. The lowest BCUT2D eigenvalue weighted by Gasteiger charge is -2.09. The van der Waals surface area contributed by atoms with E-state index in [9.17, 15) is 4.79 Å². The number of carbonyl (C=O) groups is 1. The second-order valence-corrected chi connectivity index (χ2v) is 3.01. The van der Waals surface area contributed by atoms with Crippen LogP contribution in [-0.4, -0.2) is 37.9 Å². The maximum Gasteiger partial charge on any atom is 0.258 e. The van der Waals surface area contributed by atoms with E-state index in [2.05, 4.69) is 5.32 Å². The number of rotatable bonds is 6. The first-order valence-electron chi connectivity index (χ1n) is 4.91. The fourth-order valence-electron chi connectivity index (χ4n) is 1.13. The van der Waals surface area contributed by atoms with Crippen LogP contribution in [0.15, 0.2) is 24.3 Å². The number of hydrogen-bond donors (Lipinski definition) is 2. The van der Waals surface area contributed by atoms with E-state index in [0.717, 1.165) is 0 Å². The highest BCUT2D eigenvalue weighted by atomic mass is 16.5. The van der Waals surface area contributed by atoms with E-state index < -0.39 is 0 Å². The number of hydrogen-bond acceptors (Lipinski definition) is 4. The smallest absolute Gasteiger partial charge is 0.258 e. The van der Waals surface area contributed by atoms with Crippen molar-refractivity contribution in [2.75, 3.05) is 26.9 Å². The molecule has 0 aromatic heterocycles. The van der Waals surface area contributed by atoms with Crippen LogP contribution in [0.25, 0.3) is 0 Å². The van der Waals surface area contributed by atoms with Gasteiger partial charge in [0.15, 0.2) is 18.1 Å². The molecule has 0 spiro atoms. The third-order valence-corrected chi connectivity index (χ3v) is 1.86. The van der Waals surface area contributed by atoms with Gasteiger partial charge < -0.3 is 19.9 Å². The predicted octanol–water partition coefficient (Wildman–Crippen LogP) is 0.182. The van der Waals surface area contributed by atoms with E-state index in [1.54, 1.807) is 18.2 Å². The Morgan fingerprint density at radius 1 is 1.38 bits per heavy atom. The van der Waals surface area contributed by atoms with Gasteiger partial charge >= 0.3 is 0 Å². The minimum absolute atomic E-state index is 0.0829. The third-order valence-electron chi connectivity index (χ3n) is 1.86. The van der Waals surface area contributed by atoms with E-state index in [1.807, 2.05) is 6.07 Å². The van der Waals surface area contributed by atoms with Gasteiger partial charge in [-0.2, -0.15) is 0 Å². The zero-order chi connectivity index (χ0) is 11.8. The number of para-hydroxylation sites is 2. The van der Waals surface area contributed by atoms with Gasteiger partial charge in [-0.15, -0.1) is 0 Å². The lowest BCUT2D eigenvalue weighted by molar-refractivity contribution is -0.123. The molecule has 0 aliphatic rings. The summed E-state index contributed by atoms with van der Waals surface area (Å²) in [5.74, 6) is 0.821. The SMILES string of the molecule is COc1ccccc1OCC(=O)NCCO. The molecule has 0 unspecified atom stereocenters. The third kappa shape index (κ3) is 3.78. The molecule has 5 nitrogen and oxygen atoms in total. The first kappa shape index (κ1) is 12.3. The standard InChI is InChI=1S/C11H15NO4/c1-15-9-4-2-3-5-10(9)16-8-11(14)12-6-7-13/h2-5,13H,6-8H2,1H3,(H,12,14). The maximum atomic E-state index is 11.2. The summed E-state index contributed by atoms with van der Waals surface area (Å²) in [4.78, 5) is 11.2. The molecule has 0 saturated heterocycles. The number of nitrogens with one attached hydrogen (secondary N) is 1. The number of aliphatic hydroxyl groups excluding tert-OH is 1. The summed E-state index contributed by atoms with van der Waals surface area (Å²) in [5, 5.41) is 11.0. The fourth-order valence-corrected chi connectivity index (χ4v) is 1.13. The largest absolute Gasteiger partial charge is 0.493 e. The van der Waals surface area contributed by atoms with Crippen LogP contribution < -0.4 is 14.8 Å². The molecule has 16 heavy (non-hydrogen) atoms. The molecule has 0 saturated carbocycles. The monoisotopic (exact) mass is 225 g/mol.